The van der Waals surface area contributed by atoms with Crippen LogP contribution in [0.25, 0.3) is 0 Å². The summed E-state index contributed by atoms with van der Waals surface area (Å²) in [5.41, 5.74) is 0.910. The van der Waals surface area contributed by atoms with Crippen molar-refractivity contribution in [1.82, 2.24) is 0 Å². The molecule has 1 N–H and O–H groups in total. The molecule has 5 heteroatoms. The van der Waals surface area contributed by atoms with Gasteiger partial charge >= 0.3 is 0 Å². The highest BCUT2D eigenvalue weighted by molar-refractivity contribution is 7.90. The lowest BCUT2D eigenvalue weighted by molar-refractivity contribution is 0.602. The Labute approximate surface area is 95.4 Å². The van der Waals surface area contributed by atoms with Crippen molar-refractivity contribution in [2.45, 2.75) is 11.3 Å². The minimum absolute atomic E-state index is 0.338. The Bertz CT molecular complexity index is 400. The van der Waals surface area contributed by atoms with Gasteiger partial charge in [-0.25, -0.2) is 8.42 Å². The Morgan fingerprint density at radius 2 is 1.87 bits per heavy atom. The number of rotatable bonds is 5. The van der Waals surface area contributed by atoms with Crippen molar-refractivity contribution >= 4 is 27.1 Å². The van der Waals surface area contributed by atoms with Gasteiger partial charge in [0.1, 0.15) is 0 Å². The van der Waals surface area contributed by atoms with Crippen LogP contribution in [-0.2, 0) is 9.84 Å². The molecule has 0 aromatic heterocycles. The smallest absolute Gasteiger partial charge is 0.175 e. The molecule has 0 bridgehead atoms. The maximum atomic E-state index is 11.2. The fraction of sp³-hybridized carbons (Fsp3) is 0.400. The second-order valence-electron chi connectivity index (χ2n) is 3.27. The second-order valence-corrected chi connectivity index (χ2v) is 5.66. The first-order chi connectivity index (χ1) is 7.04. The molecule has 1 aromatic rings. The van der Waals surface area contributed by atoms with E-state index in [2.05, 4.69) is 5.32 Å². The SMILES string of the molecule is CS(=O)(=O)c1ccc(NCCCCl)cc1. The molecule has 3 nitrogen and oxygen atoms in total. The van der Waals surface area contributed by atoms with Gasteiger partial charge in [-0.1, -0.05) is 0 Å². The highest BCUT2D eigenvalue weighted by Crippen LogP contribution is 2.13. The third kappa shape index (κ3) is 4.10. The molecule has 15 heavy (non-hydrogen) atoms. The second kappa shape index (κ2) is 5.37. The van der Waals surface area contributed by atoms with Crippen LogP contribution < -0.4 is 5.32 Å². The number of hydrogen-bond donors (Lipinski definition) is 1. The van der Waals surface area contributed by atoms with Crippen LogP contribution in [0.2, 0.25) is 0 Å². The van der Waals surface area contributed by atoms with Gasteiger partial charge < -0.3 is 5.32 Å². The first-order valence-corrected chi connectivity index (χ1v) is 7.06. The van der Waals surface area contributed by atoms with E-state index in [1.165, 1.54) is 6.26 Å². The fourth-order valence-electron chi connectivity index (χ4n) is 1.12. The van der Waals surface area contributed by atoms with Crippen molar-refractivity contribution in [2.24, 2.45) is 0 Å². The van der Waals surface area contributed by atoms with Crippen LogP contribution in [0, 0.1) is 0 Å². The molecule has 0 atom stereocenters. The quantitative estimate of drug-likeness (QED) is 0.641. The minimum atomic E-state index is -3.09. The number of nitrogens with one attached hydrogen (secondary N) is 1. The van der Waals surface area contributed by atoms with E-state index in [0.29, 0.717) is 10.8 Å². The van der Waals surface area contributed by atoms with Crippen LogP contribution in [0.3, 0.4) is 0 Å². The highest BCUT2D eigenvalue weighted by atomic mass is 35.5. The van der Waals surface area contributed by atoms with Gasteiger partial charge in [0.2, 0.25) is 0 Å². The highest BCUT2D eigenvalue weighted by Gasteiger charge is 2.05. The molecule has 0 aliphatic heterocycles. The molecular formula is C10H14ClNO2S. The summed E-state index contributed by atoms with van der Waals surface area (Å²) in [6.07, 6.45) is 2.08. The molecule has 1 rings (SSSR count). The van der Waals surface area contributed by atoms with Crippen molar-refractivity contribution in [2.75, 3.05) is 24.0 Å². The Kier molecular flexibility index (Phi) is 4.42. The summed E-state index contributed by atoms with van der Waals surface area (Å²) in [4.78, 5) is 0.338. The summed E-state index contributed by atoms with van der Waals surface area (Å²) >= 11 is 5.53. The monoisotopic (exact) mass is 247 g/mol. The molecule has 0 radical (unpaired) electrons. The van der Waals surface area contributed by atoms with Gasteiger partial charge in [-0.2, -0.15) is 0 Å². The zero-order valence-corrected chi connectivity index (χ0v) is 10.1. The Hall–Kier alpha value is -0.740. The summed E-state index contributed by atoms with van der Waals surface area (Å²) in [6, 6.07) is 6.70. The van der Waals surface area contributed by atoms with Crippen LogP contribution in [-0.4, -0.2) is 27.1 Å². The van der Waals surface area contributed by atoms with E-state index in [0.717, 1.165) is 18.7 Å². The van der Waals surface area contributed by atoms with Crippen molar-refractivity contribution in [3.8, 4) is 0 Å². The van der Waals surface area contributed by atoms with Crippen LogP contribution in [0.5, 0.6) is 0 Å². The molecular weight excluding hydrogens is 234 g/mol. The first kappa shape index (κ1) is 12.3. The fourth-order valence-corrected chi connectivity index (χ4v) is 1.88. The van der Waals surface area contributed by atoms with Crippen LogP contribution >= 0.6 is 11.6 Å². The number of anilines is 1. The lowest BCUT2D eigenvalue weighted by atomic mass is 10.3. The average molecular weight is 248 g/mol. The van der Waals surface area contributed by atoms with Crippen molar-refractivity contribution in [3.05, 3.63) is 24.3 Å². The van der Waals surface area contributed by atoms with Crippen molar-refractivity contribution < 1.29 is 8.42 Å². The van der Waals surface area contributed by atoms with Gasteiger partial charge in [0.05, 0.1) is 4.90 Å². The molecule has 0 unspecified atom stereocenters. The molecule has 1 aromatic carbocycles. The van der Waals surface area contributed by atoms with Gasteiger partial charge in [0.15, 0.2) is 9.84 Å². The summed E-state index contributed by atoms with van der Waals surface area (Å²) in [5, 5.41) is 3.14. The van der Waals surface area contributed by atoms with E-state index >= 15 is 0 Å². The summed E-state index contributed by atoms with van der Waals surface area (Å²) in [6.45, 7) is 0.793. The van der Waals surface area contributed by atoms with Gasteiger partial charge in [0.25, 0.3) is 0 Å². The lowest BCUT2D eigenvalue weighted by Gasteiger charge is -2.05. The topological polar surface area (TPSA) is 46.2 Å². The Morgan fingerprint density at radius 1 is 1.27 bits per heavy atom. The summed E-state index contributed by atoms with van der Waals surface area (Å²) in [7, 11) is -3.09. The normalized spacial score (nSPS) is 11.3. The molecule has 0 saturated carbocycles. The molecule has 0 spiro atoms. The molecule has 0 aliphatic carbocycles. The molecule has 0 heterocycles. The summed E-state index contributed by atoms with van der Waals surface area (Å²) in [5.74, 6) is 0.619. The van der Waals surface area contributed by atoms with E-state index in [9.17, 15) is 8.42 Å². The molecule has 0 aliphatic rings. The maximum absolute atomic E-state index is 11.2. The Balaban J connectivity index is 2.65. The number of hydrogen-bond acceptors (Lipinski definition) is 3. The number of benzene rings is 1. The van der Waals surface area contributed by atoms with E-state index in [-0.39, 0.29) is 0 Å². The van der Waals surface area contributed by atoms with Crippen LogP contribution in [0.4, 0.5) is 5.69 Å². The Morgan fingerprint density at radius 3 is 2.33 bits per heavy atom. The molecule has 0 fully saturated rings. The molecule has 0 saturated heterocycles. The number of sulfone groups is 1. The van der Waals surface area contributed by atoms with Gasteiger partial charge in [-0.15, -0.1) is 11.6 Å². The van der Waals surface area contributed by atoms with Crippen molar-refractivity contribution in [1.29, 1.82) is 0 Å². The number of halogens is 1. The van der Waals surface area contributed by atoms with Gasteiger partial charge in [-0.05, 0) is 30.7 Å². The van der Waals surface area contributed by atoms with E-state index < -0.39 is 9.84 Å². The van der Waals surface area contributed by atoms with Crippen LogP contribution in [0.15, 0.2) is 29.2 Å². The maximum Gasteiger partial charge on any atom is 0.175 e. The minimum Gasteiger partial charge on any atom is -0.385 e. The van der Waals surface area contributed by atoms with Crippen LogP contribution in [0.1, 0.15) is 6.42 Å². The van der Waals surface area contributed by atoms with E-state index in [4.69, 9.17) is 11.6 Å². The predicted octanol–water partition coefficient (Wildman–Crippen LogP) is 2.13. The summed E-state index contributed by atoms with van der Waals surface area (Å²) < 4.78 is 22.3. The zero-order chi connectivity index (χ0) is 11.3. The third-order valence-electron chi connectivity index (χ3n) is 1.92. The lowest BCUT2D eigenvalue weighted by Crippen LogP contribution is -2.02. The standard InChI is InChI=1S/C10H14ClNO2S/c1-15(13,14)10-5-3-9(4-6-10)12-8-2-7-11/h3-6,12H,2,7-8H2,1H3. The molecule has 84 valence electrons. The first-order valence-electron chi connectivity index (χ1n) is 4.64. The predicted molar refractivity (Wildman–Crippen MR) is 63.4 cm³/mol. The average Bonchev–Trinajstić information content (AvgIpc) is 2.18. The zero-order valence-electron chi connectivity index (χ0n) is 8.53. The number of alkyl halides is 1. The molecule has 0 amide bonds. The third-order valence-corrected chi connectivity index (χ3v) is 3.32. The largest absolute Gasteiger partial charge is 0.385 e. The van der Waals surface area contributed by atoms with E-state index in [1.807, 2.05) is 0 Å². The van der Waals surface area contributed by atoms with Gasteiger partial charge in [-0.3, -0.25) is 0 Å². The van der Waals surface area contributed by atoms with Gasteiger partial charge in [0, 0.05) is 24.4 Å². The van der Waals surface area contributed by atoms with E-state index in [1.54, 1.807) is 24.3 Å². The van der Waals surface area contributed by atoms with Crippen molar-refractivity contribution in [3.63, 3.8) is 0 Å².